The minimum Gasteiger partial charge on any atom is -0.484 e. The van der Waals surface area contributed by atoms with Crippen molar-refractivity contribution in [3.63, 3.8) is 0 Å². The molecule has 0 radical (unpaired) electrons. The number of hydrogen-bond donors (Lipinski definition) is 0. The summed E-state index contributed by atoms with van der Waals surface area (Å²) >= 11 is 0.957. The molecule has 1 aromatic heterocycles. The molecule has 0 amide bonds. The number of hydrogen-bond acceptors (Lipinski definition) is 7. The molecule has 1 aliphatic heterocycles. The zero-order valence-electron chi connectivity index (χ0n) is 9.98. The first-order valence-corrected chi connectivity index (χ1v) is 6.18. The van der Waals surface area contributed by atoms with E-state index in [1.54, 1.807) is 6.92 Å². The van der Waals surface area contributed by atoms with Crippen LogP contribution < -0.4 is 9.47 Å². The largest absolute Gasteiger partial charge is 0.484 e. The smallest absolute Gasteiger partial charge is 0.352 e. The Balaban J connectivity index is 2.44. The van der Waals surface area contributed by atoms with Gasteiger partial charge in [0.05, 0.1) is 13.7 Å². The number of carbonyl (C=O) groups is 2. The third-order valence-electron chi connectivity index (χ3n) is 2.23. The molecule has 0 saturated heterocycles. The number of thiophene rings is 1. The first kappa shape index (κ1) is 12.7. The van der Waals surface area contributed by atoms with E-state index >= 15 is 0 Å². The van der Waals surface area contributed by atoms with Crippen LogP contribution in [0.4, 0.5) is 0 Å². The number of carbonyl (C=O) groups excluding carboxylic acids is 2. The van der Waals surface area contributed by atoms with Crippen molar-refractivity contribution in [2.45, 2.75) is 6.92 Å². The molecule has 98 valence electrons. The molecule has 2 rings (SSSR count). The fourth-order valence-electron chi connectivity index (χ4n) is 1.51. The molecule has 2 heterocycles. The van der Waals surface area contributed by atoms with E-state index in [4.69, 9.17) is 14.2 Å². The highest BCUT2D eigenvalue weighted by Crippen LogP contribution is 2.44. The van der Waals surface area contributed by atoms with E-state index in [0.29, 0.717) is 13.2 Å². The Labute approximate surface area is 107 Å². The summed E-state index contributed by atoms with van der Waals surface area (Å²) in [5, 5.41) is 0. The molecule has 1 aromatic rings. The van der Waals surface area contributed by atoms with Crippen LogP contribution in [0.5, 0.6) is 11.5 Å². The van der Waals surface area contributed by atoms with Crippen LogP contribution in [0.1, 0.15) is 26.3 Å². The predicted molar refractivity (Wildman–Crippen MR) is 62.6 cm³/mol. The maximum atomic E-state index is 11.7. The van der Waals surface area contributed by atoms with E-state index in [1.165, 1.54) is 7.11 Å². The molecule has 7 heteroatoms. The summed E-state index contributed by atoms with van der Waals surface area (Å²) in [6.45, 7) is 2.61. The molecule has 0 aliphatic carbocycles. The Bertz CT molecular complexity index is 478. The van der Waals surface area contributed by atoms with Gasteiger partial charge in [-0.25, -0.2) is 9.59 Å². The lowest BCUT2D eigenvalue weighted by Gasteiger charge is -2.16. The predicted octanol–water partition coefficient (Wildman–Crippen LogP) is 1.48. The van der Waals surface area contributed by atoms with E-state index in [1.807, 2.05) is 0 Å². The van der Waals surface area contributed by atoms with Crippen molar-refractivity contribution in [2.75, 3.05) is 26.9 Å². The average molecular weight is 272 g/mol. The van der Waals surface area contributed by atoms with Gasteiger partial charge < -0.3 is 18.9 Å². The summed E-state index contributed by atoms with van der Waals surface area (Å²) in [7, 11) is 1.27. The summed E-state index contributed by atoms with van der Waals surface area (Å²) in [5.41, 5.74) is 0. The Morgan fingerprint density at radius 3 is 2.22 bits per heavy atom. The number of methoxy groups -OCH3 is 1. The third kappa shape index (κ3) is 2.13. The van der Waals surface area contributed by atoms with Gasteiger partial charge in [0.25, 0.3) is 0 Å². The normalized spacial score (nSPS) is 13.0. The molecule has 1 aliphatic rings. The zero-order chi connectivity index (χ0) is 13.1. The van der Waals surface area contributed by atoms with Crippen molar-refractivity contribution < 1.29 is 28.5 Å². The van der Waals surface area contributed by atoms with Gasteiger partial charge in [0.1, 0.15) is 13.2 Å². The zero-order valence-corrected chi connectivity index (χ0v) is 10.8. The first-order valence-electron chi connectivity index (χ1n) is 5.36. The van der Waals surface area contributed by atoms with Gasteiger partial charge in [-0.3, -0.25) is 0 Å². The van der Waals surface area contributed by atoms with E-state index < -0.39 is 11.9 Å². The lowest BCUT2D eigenvalue weighted by Crippen LogP contribution is -2.17. The van der Waals surface area contributed by atoms with E-state index in [0.717, 1.165) is 11.3 Å². The minimum atomic E-state index is -0.558. The van der Waals surface area contributed by atoms with Gasteiger partial charge in [0.15, 0.2) is 21.3 Å². The second-order valence-corrected chi connectivity index (χ2v) is 4.35. The molecule has 0 N–H and O–H groups in total. The second-order valence-electron chi connectivity index (χ2n) is 3.33. The highest BCUT2D eigenvalue weighted by atomic mass is 32.1. The van der Waals surface area contributed by atoms with E-state index in [-0.39, 0.29) is 27.9 Å². The lowest BCUT2D eigenvalue weighted by molar-refractivity contribution is 0.0521. The molecular formula is C11H12O6S. The van der Waals surface area contributed by atoms with Gasteiger partial charge in [-0.05, 0) is 6.92 Å². The molecule has 0 aromatic carbocycles. The Morgan fingerprint density at radius 1 is 1.17 bits per heavy atom. The first-order chi connectivity index (χ1) is 8.69. The van der Waals surface area contributed by atoms with Gasteiger partial charge in [-0.15, -0.1) is 11.3 Å². The van der Waals surface area contributed by atoms with Crippen molar-refractivity contribution in [2.24, 2.45) is 0 Å². The van der Waals surface area contributed by atoms with Crippen molar-refractivity contribution in [3.05, 3.63) is 9.75 Å². The molecule has 6 nitrogen and oxygen atoms in total. The van der Waals surface area contributed by atoms with Crippen LogP contribution in [-0.4, -0.2) is 38.9 Å². The van der Waals surface area contributed by atoms with Crippen molar-refractivity contribution >= 4 is 23.3 Å². The molecule has 0 bridgehead atoms. The van der Waals surface area contributed by atoms with E-state index in [2.05, 4.69) is 4.74 Å². The molecule has 0 unspecified atom stereocenters. The number of rotatable bonds is 3. The molecule has 18 heavy (non-hydrogen) atoms. The molecule has 0 saturated carbocycles. The van der Waals surface area contributed by atoms with Crippen molar-refractivity contribution in [1.82, 2.24) is 0 Å². The monoisotopic (exact) mass is 272 g/mol. The van der Waals surface area contributed by atoms with Gasteiger partial charge >= 0.3 is 11.9 Å². The third-order valence-corrected chi connectivity index (χ3v) is 3.34. The van der Waals surface area contributed by atoms with Crippen molar-refractivity contribution in [3.8, 4) is 11.5 Å². The number of fused-ring (bicyclic) bond motifs is 1. The quantitative estimate of drug-likeness (QED) is 0.776. The standard InChI is InChI=1S/C11H12O6S/c1-3-15-11(13)9-7-6(16-4-5-17-7)8(18-9)10(12)14-2/h3-5H2,1-2H3. The van der Waals surface area contributed by atoms with Crippen molar-refractivity contribution in [1.29, 1.82) is 0 Å². The van der Waals surface area contributed by atoms with Crippen LogP contribution in [0, 0.1) is 0 Å². The van der Waals surface area contributed by atoms with Crippen LogP contribution in [0.2, 0.25) is 0 Å². The fourth-order valence-corrected chi connectivity index (χ4v) is 2.51. The summed E-state index contributed by atoms with van der Waals surface area (Å²) in [6, 6.07) is 0. The number of esters is 2. The maximum Gasteiger partial charge on any atom is 0.352 e. The van der Waals surface area contributed by atoms with Gasteiger partial charge in [0.2, 0.25) is 0 Å². The summed E-state index contributed by atoms with van der Waals surface area (Å²) in [5.74, 6) is -0.553. The minimum absolute atomic E-state index is 0.218. The summed E-state index contributed by atoms with van der Waals surface area (Å²) in [6.07, 6.45) is 0. The van der Waals surface area contributed by atoms with Crippen LogP contribution in [0.15, 0.2) is 0 Å². The Hall–Kier alpha value is -1.76. The second kappa shape index (κ2) is 5.26. The maximum absolute atomic E-state index is 11.7. The Kier molecular flexibility index (Phi) is 3.71. The van der Waals surface area contributed by atoms with Crippen LogP contribution >= 0.6 is 11.3 Å². The highest BCUT2D eigenvalue weighted by molar-refractivity contribution is 7.16. The SMILES string of the molecule is CCOC(=O)c1sc(C(=O)OC)c2c1OCCO2. The van der Waals surface area contributed by atoms with Crippen LogP contribution in [0.25, 0.3) is 0 Å². The summed E-state index contributed by atoms with van der Waals surface area (Å²) in [4.78, 5) is 23.8. The number of ether oxygens (including phenoxy) is 4. The molecule has 0 spiro atoms. The van der Waals surface area contributed by atoms with Gasteiger partial charge in [-0.2, -0.15) is 0 Å². The summed E-state index contributed by atoms with van der Waals surface area (Å²) < 4.78 is 20.3. The molecule has 0 atom stereocenters. The van der Waals surface area contributed by atoms with Gasteiger partial charge in [0, 0.05) is 0 Å². The fraction of sp³-hybridized carbons (Fsp3) is 0.455. The highest BCUT2D eigenvalue weighted by Gasteiger charge is 2.32. The van der Waals surface area contributed by atoms with E-state index in [9.17, 15) is 9.59 Å². The van der Waals surface area contributed by atoms with Crippen LogP contribution in [-0.2, 0) is 9.47 Å². The molecular weight excluding hydrogens is 260 g/mol. The average Bonchev–Trinajstić information content (AvgIpc) is 2.78. The lowest BCUT2D eigenvalue weighted by atomic mass is 10.3. The molecule has 0 fully saturated rings. The topological polar surface area (TPSA) is 71.1 Å². The Morgan fingerprint density at radius 2 is 1.72 bits per heavy atom. The van der Waals surface area contributed by atoms with Crippen LogP contribution in [0.3, 0.4) is 0 Å². The van der Waals surface area contributed by atoms with Gasteiger partial charge in [-0.1, -0.05) is 0 Å².